The highest BCUT2D eigenvalue weighted by atomic mass is 19.1. The van der Waals surface area contributed by atoms with Gasteiger partial charge in [-0.3, -0.25) is 14.0 Å². The van der Waals surface area contributed by atoms with Crippen LogP contribution in [0.5, 0.6) is 0 Å². The number of fused-ring (bicyclic) bond motifs is 1. The third-order valence-electron chi connectivity index (χ3n) is 6.56. The zero-order valence-electron chi connectivity index (χ0n) is 21.7. The fraction of sp³-hybridized carbons (Fsp3) is 0.250. The van der Waals surface area contributed by atoms with E-state index in [9.17, 15) is 14.0 Å². The van der Waals surface area contributed by atoms with Gasteiger partial charge in [-0.2, -0.15) is 0 Å². The van der Waals surface area contributed by atoms with Crippen LogP contribution in [0.4, 0.5) is 16.0 Å². The highest BCUT2D eigenvalue weighted by Gasteiger charge is 2.33. The van der Waals surface area contributed by atoms with E-state index in [2.05, 4.69) is 15.3 Å². The number of nitrogens with zero attached hydrogens (tertiary/aromatic N) is 6. The van der Waals surface area contributed by atoms with E-state index in [1.165, 1.54) is 12.3 Å². The molecular weight excluding hydrogens is 499 g/mol. The number of nitrogens with two attached hydrogens (primary N) is 1. The topological polar surface area (TPSA) is 122 Å². The van der Waals surface area contributed by atoms with Crippen molar-refractivity contribution < 1.29 is 14.0 Å². The van der Waals surface area contributed by atoms with E-state index in [4.69, 9.17) is 10.7 Å². The minimum atomic E-state index is -0.489. The van der Waals surface area contributed by atoms with Gasteiger partial charge in [0, 0.05) is 54.9 Å². The summed E-state index contributed by atoms with van der Waals surface area (Å²) in [5.74, 6) is 0.185. The molecule has 39 heavy (non-hydrogen) atoms. The number of imidazole rings is 1. The first-order valence-electron chi connectivity index (χ1n) is 12.6. The molecule has 1 fully saturated rings. The molecule has 0 unspecified atom stereocenters. The number of benzene rings is 1. The first-order valence-corrected chi connectivity index (χ1v) is 12.6. The SMILES string of the molecule is CN(C)C/C=C/C(=O)N1CCC[C@H]1c1nc(-c2ccc(C(=O)Nc3cc(F)ccn3)cc2)c2c(N)nccn12. The number of rotatable bonds is 7. The van der Waals surface area contributed by atoms with Gasteiger partial charge in [-0.05, 0) is 45.1 Å². The van der Waals surface area contributed by atoms with Crippen molar-refractivity contribution in [2.24, 2.45) is 0 Å². The number of hydrogen-bond acceptors (Lipinski definition) is 7. The number of nitrogen functional groups attached to an aromatic ring is 1. The lowest BCUT2D eigenvalue weighted by Gasteiger charge is -2.22. The van der Waals surface area contributed by atoms with Crippen LogP contribution >= 0.6 is 0 Å². The lowest BCUT2D eigenvalue weighted by Crippen LogP contribution is -2.30. The fourth-order valence-electron chi connectivity index (χ4n) is 4.72. The fourth-order valence-corrected chi connectivity index (χ4v) is 4.72. The summed E-state index contributed by atoms with van der Waals surface area (Å²) in [5.41, 5.74) is 8.65. The van der Waals surface area contributed by atoms with Gasteiger partial charge in [-0.25, -0.2) is 19.3 Å². The maximum atomic E-state index is 13.4. The van der Waals surface area contributed by atoms with Gasteiger partial charge in [-0.15, -0.1) is 0 Å². The van der Waals surface area contributed by atoms with Crippen LogP contribution in [0, 0.1) is 5.82 Å². The molecule has 1 aliphatic rings. The Morgan fingerprint density at radius 2 is 1.97 bits per heavy atom. The van der Waals surface area contributed by atoms with Crippen LogP contribution in [-0.4, -0.2) is 68.2 Å². The number of halogens is 1. The summed E-state index contributed by atoms with van der Waals surface area (Å²) >= 11 is 0. The van der Waals surface area contributed by atoms with E-state index in [0.29, 0.717) is 41.5 Å². The van der Waals surface area contributed by atoms with Gasteiger partial charge in [0.25, 0.3) is 5.91 Å². The minimum absolute atomic E-state index is 0.0529. The molecule has 2 amide bonds. The molecule has 3 N–H and O–H groups in total. The maximum absolute atomic E-state index is 13.4. The van der Waals surface area contributed by atoms with E-state index in [0.717, 1.165) is 24.5 Å². The molecule has 0 spiro atoms. The van der Waals surface area contributed by atoms with Crippen molar-refractivity contribution in [3.63, 3.8) is 0 Å². The number of anilines is 2. The van der Waals surface area contributed by atoms with Crippen LogP contribution < -0.4 is 11.1 Å². The van der Waals surface area contributed by atoms with E-state index >= 15 is 0 Å². The summed E-state index contributed by atoms with van der Waals surface area (Å²) in [5, 5.41) is 2.59. The summed E-state index contributed by atoms with van der Waals surface area (Å²) < 4.78 is 15.3. The van der Waals surface area contributed by atoms with Gasteiger partial charge in [0.05, 0.1) is 6.04 Å². The number of nitrogens with one attached hydrogen (secondary N) is 1. The van der Waals surface area contributed by atoms with Gasteiger partial charge in [0.1, 0.15) is 34.5 Å². The van der Waals surface area contributed by atoms with Crippen LogP contribution in [0.15, 0.2) is 67.1 Å². The Morgan fingerprint density at radius 3 is 2.72 bits per heavy atom. The van der Waals surface area contributed by atoms with Gasteiger partial charge < -0.3 is 20.9 Å². The summed E-state index contributed by atoms with van der Waals surface area (Å²) in [4.78, 5) is 42.7. The molecular formula is C28H29FN8O2. The third-order valence-corrected chi connectivity index (χ3v) is 6.56. The molecule has 0 radical (unpaired) electrons. The average molecular weight is 529 g/mol. The Bertz CT molecular complexity index is 1550. The van der Waals surface area contributed by atoms with Crippen molar-refractivity contribution in [2.45, 2.75) is 18.9 Å². The number of likely N-dealkylation sites (N-methyl/N-ethyl adjacent to an activating group) is 1. The number of likely N-dealkylation sites (tertiary alicyclic amines) is 1. The number of aromatic nitrogens is 4. The number of pyridine rings is 1. The van der Waals surface area contributed by atoms with E-state index in [1.807, 2.05) is 34.4 Å². The van der Waals surface area contributed by atoms with Crippen molar-refractivity contribution >= 4 is 29.0 Å². The summed E-state index contributed by atoms with van der Waals surface area (Å²) in [6.45, 7) is 1.32. The van der Waals surface area contributed by atoms with Crippen molar-refractivity contribution in [1.82, 2.24) is 29.2 Å². The Morgan fingerprint density at radius 1 is 1.18 bits per heavy atom. The van der Waals surface area contributed by atoms with Gasteiger partial charge in [0.15, 0.2) is 0 Å². The molecule has 1 aromatic carbocycles. The number of carbonyl (C=O) groups is 2. The van der Waals surface area contributed by atoms with Crippen LogP contribution in [0.2, 0.25) is 0 Å². The van der Waals surface area contributed by atoms with Gasteiger partial charge >= 0.3 is 0 Å². The van der Waals surface area contributed by atoms with Crippen molar-refractivity contribution in [2.75, 3.05) is 38.2 Å². The molecule has 1 saturated heterocycles. The summed E-state index contributed by atoms with van der Waals surface area (Å²) in [7, 11) is 3.90. The van der Waals surface area contributed by atoms with Crippen LogP contribution in [0.1, 0.15) is 35.1 Å². The second-order valence-electron chi connectivity index (χ2n) is 9.59. The quantitative estimate of drug-likeness (QED) is 0.352. The molecule has 0 saturated carbocycles. The Balaban J connectivity index is 1.45. The minimum Gasteiger partial charge on any atom is -0.382 e. The monoisotopic (exact) mass is 528 g/mol. The predicted octanol–water partition coefficient (Wildman–Crippen LogP) is 3.55. The van der Waals surface area contributed by atoms with Gasteiger partial charge in [0.2, 0.25) is 5.91 Å². The molecule has 5 rings (SSSR count). The Kier molecular flexibility index (Phi) is 7.33. The van der Waals surface area contributed by atoms with Crippen LogP contribution in [-0.2, 0) is 4.79 Å². The molecule has 0 bridgehead atoms. The maximum Gasteiger partial charge on any atom is 0.256 e. The van der Waals surface area contributed by atoms with Gasteiger partial charge in [-0.1, -0.05) is 18.2 Å². The molecule has 1 atom stereocenters. The van der Waals surface area contributed by atoms with Crippen molar-refractivity contribution in [3.05, 3.63) is 84.3 Å². The summed E-state index contributed by atoms with van der Waals surface area (Å²) in [6, 6.07) is 8.99. The molecule has 200 valence electrons. The largest absolute Gasteiger partial charge is 0.382 e. The highest BCUT2D eigenvalue weighted by Crippen LogP contribution is 2.36. The first-order chi connectivity index (χ1) is 18.8. The van der Waals surface area contributed by atoms with Crippen molar-refractivity contribution in [1.29, 1.82) is 0 Å². The molecule has 10 nitrogen and oxygen atoms in total. The Labute approximate surface area is 225 Å². The zero-order chi connectivity index (χ0) is 27.5. The van der Waals surface area contributed by atoms with E-state index < -0.39 is 11.7 Å². The first kappa shape index (κ1) is 26.0. The van der Waals surface area contributed by atoms with Crippen molar-refractivity contribution in [3.8, 4) is 11.3 Å². The summed E-state index contributed by atoms with van der Waals surface area (Å²) in [6.07, 6.45) is 9.82. The molecule has 1 aliphatic heterocycles. The number of hydrogen-bond donors (Lipinski definition) is 2. The Hall–Kier alpha value is -4.64. The number of amides is 2. The number of carbonyl (C=O) groups excluding carboxylic acids is 2. The zero-order valence-corrected chi connectivity index (χ0v) is 21.7. The third kappa shape index (κ3) is 5.48. The molecule has 3 aromatic heterocycles. The predicted molar refractivity (Wildman–Crippen MR) is 146 cm³/mol. The highest BCUT2D eigenvalue weighted by molar-refractivity contribution is 6.04. The van der Waals surface area contributed by atoms with E-state index in [-0.39, 0.29) is 17.8 Å². The lowest BCUT2D eigenvalue weighted by atomic mass is 10.1. The molecule has 4 heterocycles. The molecule has 4 aromatic rings. The van der Waals surface area contributed by atoms with Crippen LogP contribution in [0.3, 0.4) is 0 Å². The smallest absolute Gasteiger partial charge is 0.256 e. The second kappa shape index (κ2) is 11.0. The lowest BCUT2D eigenvalue weighted by molar-refractivity contribution is -0.127. The second-order valence-corrected chi connectivity index (χ2v) is 9.59. The van der Waals surface area contributed by atoms with E-state index in [1.54, 1.807) is 42.7 Å². The normalized spacial score (nSPS) is 15.5. The van der Waals surface area contributed by atoms with Crippen LogP contribution in [0.25, 0.3) is 16.8 Å². The molecule has 0 aliphatic carbocycles. The molecule has 11 heteroatoms. The average Bonchev–Trinajstić information content (AvgIpc) is 3.54. The standard InChI is InChI=1S/C28H29FN8O2/c1-35(2)14-4-6-23(38)36-15-3-5-21(36)27-34-24(25-26(30)32-13-16-37(25)27)18-7-9-19(10-8-18)28(39)33-22-17-20(29)11-12-31-22/h4,6-13,16-17,21H,3,5,14-15H2,1-2H3,(H2,30,32)(H,31,33,39)/b6-4+/t21-/m0/s1.